The predicted octanol–water partition coefficient (Wildman–Crippen LogP) is 3.11. The van der Waals surface area contributed by atoms with Crippen LogP contribution in [0.4, 0.5) is 0 Å². The minimum atomic E-state index is 0.393. The lowest BCUT2D eigenvalue weighted by atomic mass is 9.89. The molecule has 3 nitrogen and oxygen atoms in total. The van der Waals surface area contributed by atoms with Crippen LogP contribution in [0.1, 0.15) is 50.4 Å². The molecule has 1 N–H and O–H groups in total. The molecule has 1 aliphatic heterocycles. The van der Waals surface area contributed by atoms with Crippen molar-refractivity contribution in [3.8, 4) is 0 Å². The van der Waals surface area contributed by atoms with Crippen LogP contribution in [0.15, 0.2) is 18.3 Å². The summed E-state index contributed by atoms with van der Waals surface area (Å²) in [6.07, 6.45) is 6.54. The van der Waals surface area contributed by atoms with Gasteiger partial charge in [0.15, 0.2) is 0 Å². The molecule has 0 saturated carbocycles. The first-order valence-corrected chi connectivity index (χ1v) is 7.60. The van der Waals surface area contributed by atoms with Gasteiger partial charge in [-0.2, -0.15) is 0 Å². The summed E-state index contributed by atoms with van der Waals surface area (Å²) in [7, 11) is 0. The van der Waals surface area contributed by atoms with E-state index in [0.29, 0.717) is 6.04 Å². The van der Waals surface area contributed by atoms with Gasteiger partial charge in [-0.25, -0.2) is 0 Å². The van der Waals surface area contributed by atoms with E-state index in [-0.39, 0.29) is 0 Å². The Bertz CT molecular complexity index is 375. The molecule has 19 heavy (non-hydrogen) atoms. The molecule has 1 aliphatic rings. The van der Waals surface area contributed by atoms with Crippen LogP contribution >= 0.6 is 0 Å². The smallest absolute Gasteiger partial charge is 0.0605 e. The van der Waals surface area contributed by atoms with E-state index in [2.05, 4.69) is 30.2 Å². The molecule has 0 aliphatic carbocycles. The van der Waals surface area contributed by atoms with Gasteiger partial charge in [0.25, 0.3) is 0 Å². The lowest BCUT2D eigenvalue weighted by Gasteiger charge is -2.27. The highest BCUT2D eigenvalue weighted by Crippen LogP contribution is 2.28. The molecular weight excluding hydrogens is 236 g/mol. The Morgan fingerprint density at radius 1 is 1.37 bits per heavy atom. The molecule has 0 radical (unpaired) electrons. The van der Waals surface area contributed by atoms with Gasteiger partial charge in [0.2, 0.25) is 0 Å². The van der Waals surface area contributed by atoms with E-state index in [1.165, 1.54) is 30.5 Å². The van der Waals surface area contributed by atoms with E-state index in [0.717, 1.165) is 32.1 Å². The van der Waals surface area contributed by atoms with E-state index in [1.807, 2.05) is 12.3 Å². The number of rotatable bonds is 6. The first-order chi connectivity index (χ1) is 9.35. The second-order valence-electron chi connectivity index (χ2n) is 5.30. The first-order valence-electron chi connectivity index (χ1n) is 7.60. The molecule has 1 fully saturated rings. The predicted molar refractivity (Wildman–Crippen MR) is 78.2 cm³/mol. The number of aryl methyl sites for hydroxylation is 1. The minimum Gasteiger partial charge on any atom is -0.381 e. The van der Waals surface area contributed by atoms with Crippen molar-refractivity contribution in [1.82, 2.24) is 10.3 Å². The van der Waals surface area contributed by atoms with Crippen molar-refractivity contribution >= 4 is 0 Å². The van der Waals surface area contributed by atoms with Crippen molar-refractivity contribution < 1.29 is 4.74 Å². The molecule has 0 aromatic carbocycles. The SMILES string of the molecule is CCNC(CC1CCOCC1)c1ncccc1CC. The summed E-state index contributed by atoms with van der Waals surface area (Å²) < 4.78 is 5.46. The van der Waals surface area contributed by atoms with Crippen molar-refractivity contribution in [3.05, 3.63) is 29.6 Å². The van der Waals surface area contributed by atoms with Crippen LogP contribution in [0.25, 0.3) is 0 Å². The summed E-state index contributed by atoms with van der Waals surface area (Å²) in [6.45, 7) is 7.22. The number of ether oxygens (including phenoxy) is 1. The molecule has 0 spiro atoms. The summed E-state index contributed by atoms with van der Waals surface area (Å²) >= 11 is 0. The lowest BCUT2D eigenvalue weighted by molar-refractivity contribution is 0.0604. The van der Waals surface area contributed by atoms with Crippen LogP contribution in [-0.4, -0.2) is 24.7 Å². The van der Waals surface area contributed by atoms with Crippen molar-refractivity contribution in [2.75, 3.05) is 19.8 Å². The largest absolute Gasteiger partial charge is 0.381 e. The summed E-state index contributed by atoms with van der Waals surface area (Å²) in [5.74, 6) is 0.768. The number of pyridine rings is 1. The number of nitrogens with one attached hydrogen (secondary N) is 1. The van der Waals surface area contributed by atoms with Crippen molar-refractivity contribution in [2.45, 2.75) is 45.6 Å². The zero-order valence-electron chi connectivity index (χ0n) is 12.2. The molecule has 3 heteroatoms. The molecule has 0 amide bonds. The van der Waals surface area contributed by atoms with Gasteiger partial charge in [-0.1, -0.05) is 19.9 Å². The third kappa shape index (κ3) is 4.02. The molecule has 1 aromatic heterocycles. The van der Waals surface area contributed by atoms with Gasteiger partial charge in [0.05, 0.1) is 11.7 Å². The van der Waals surface area contributed by atoms with E-state index in [4.69, 9.17) is 4.74 Å². The van der Waals surface area contributed by atoms with Crippen LogP contribution in [-0.2, 0) is 11.2 Å². The average molecular weight is 262 g/mol. The summed E-state index contributed by atoms with van der Waals surface area (Å²) in [4.78, 5) is 4.64. The minimum absolute atomic E-state index is 0.393. The molecule has 1 unspecified atom stereocenters. The van der Waals surface area contributed by atoms with Crippen LogP contribution in [0.3, 0.4) is 0 Å². The van der Waals surface area contributed by atoms with Crippen molar-refractivity contribution in [2.24, 2.45) is 5.92 Å². The zero-order valence-corrected chi connectivity index (χ0v) is 12.2. The molecule has 0 bridgehead atoms. The second-order valence-corrected chi connectivity index (χ2v) is 5.30. The first kappa shape index (κ1) is 14.5. The quantitative estimate of drug-likeness (QED) is 0.855. The monoisotopic (exact) mass is 262 g/mol. The van der Waals surface area contributed by atoms with E-state index in [9.17, 15) is 0 Å². The van der Waals surface area contributed by atoms with Crippen molar-refractivity contribution in [1.29, 1.82) is 0 Å². The molecule has 106 valence electrons. The highest BCUT2D eigenvalue weighted by molar-refractivity contribution is 5.23. The Morgan fingerprint density at radius 2 is 2.16 bits per heavy atom. The third-order valence-electron chi connectivity index (χ3n) is 4.00. The highest BCUT2D eigenvalue weighted by atomic mass is 16.5. The average Bonchev–Trinajstić information content (AvgIpc) is 2.48. The van der Waals surface area contributed by atoms with Gasteiger partial charge in [0, 0.05) is 19.4 Å². The fraction of sp³-hybridized carbons (Fsp3) is 0.688. The molecular formula is C16H26N2O. The van der Waals surface area contributed by atoms with Gasteiger partial charge in [-0.3, -0.25) is 4.98 Å². The molecule has 1 saturated heterocycles. The Morgan fingerprint density at radius 3 is 2.84 bits per heavy atom. The fourth-order valence-corrected chi connectivity index (χ4v) is 2.92. The Kier molecular flexibility index (Phi) is 5.80. The topological polar surface area (TPSA) is 34.1 Å². The third-order valence-corrected chi connectivity index (χ3v) is 4.00. The van der Waals surface area contributed by atoms with E-state index in [1.54, 1.807) is 0 Å². The highest BCUT2D eigenvalue weighted by Gasteiger charge is 2.22. The number of hydrogen-bond acceptors (Lipinski definition) is 3. The summed E-state index contributed by atoms with van der Waals surface area (Å²) in [6, 6.07) is 4.64. The Hall–Kier alpha value is -0.930. The summed E-state index contributed by atoms with van der Waals surface area (Å²) in [5.41, 5.74) is 2.62. The lowest BCUT2D eigenvalue weighted by Crippen LogP contribution is -2.27. The maximum atomic E-state index is 5.46. The Labute approximate surface area is 116 Å². The van der Waals surface area contributed by atoms with Crippen LogP contribution in [0, 0.1) is 5.92 Å². The van der Waals surface area contributed by atoms with Crippen LogP contribution in [0.5, 0.6) is 0 Å². The number of aromatic nitrogens is 1. The summed E-state index contributed by atoms with van der Waals surface area (Å²) in [5, 5.41) is 3.62. The maximum absolute atomic E-state index is 5.46. The van der Waals surface area contributed by atoms with Gasteiger partial charge < -0.3 is 10.1 Å². The fourth-order valence-electron chi connectivity index (χ4n) is 2.92. The number of hydrogen-bond donors (Lipinski definition) is 1. The van der Waals surface area contributed by atoms with Crippen molar-refractivity contribution in [3.63, 3.8) is 0 Å². The Balaban J connectivity index is 2.09. The van der Waals surface area contributed by atoms with Crippen LogP contribution in [0.2, 0.25) is 0 Å². The van der Waals surface area contributed by atoms with Gasteiger partial charge >= 0.3 is 0 Å². The standard InChI is InChI=1S/C16H26N2O/c1-3-14-6-5-9-18-16(14)15(17-4-2)12-13-7-10-19-11-8-13/h5-6,9,13,15,17H,3-4,7-8,10-12H2,1-2H3. The molecule has 2 heterocycles. The van der Waals surface area contributed by atoms with Crippen LogP contribution < -0.4 is 5.32 Å². The van der Waals surface area contributed by atoms with Gasteiger partial charge in [-0.05, 0) is 49.8 Å². The zero-order chi connectivity index (χ0) is 13.5. The van der Waals surface area contributed by atoms with E-state index < -0.39 is 0 Å². The maximum Gasteiger partial charge on any atom is 0.0605 e. The number of nitrogens with zero attached hydrogens (tertiary/aromatic N) is 1. The van der Waals surface area contributed by atoms with E-state index >= 15 is 0 Å². The van der Waals surface area contributed by atoms with Gasteiger partial charge in [0.1, 0.15) is 0 Å². The molecule has 2 rings (SSSR count). The van der Waals surface area contributed by atoms with Gasteiger partial charge in [-0.15, -0.1) is 0 Å². The normalized spacial score (nSPS) is 18.4. The molecule has 1 aromatic rings. The molecule has 1 atom stereocenters. The second kappa shape index (κ2) is 7.61.